The lowest BCUT2D eigenvalue weighted by molar-refractivity contribution is 0.592. The van der Waals surface area contributed by atoms with Crippen molar-refractivity contribution < 1.29 is 4.39 Å². The van der Waals surface area contributed by atoms with Crippen LogP contribution >= 0.6 is 23.2 Å². The second-order valence-corrected chi connectivity index (χ2v) is 7.35. The minimum Gasteiger partial charge on any atom is -0.367 e. The molecule has 0 amide bonds. The summed E-state index contributed by atoms with van der Waals surface area (Å²) in [7, 11) is 0. The van der Waals surface area contributed by atoms with E-state index in [4.69, 9.17) is 23.2 Å². The molecule has 2 atom stereocenters. The molecule has 0 radical (unpaired) electrons. The van der Waals surface area contributed by atoms with E-state index in [0.717, 1.165) is 19.3 Å². The first-order valence-corrected chi connectivity index (χ1v) is 9.36. The molecule has 2 aromatic heterocycles. The molecule has 5 nitrogen and oxygen atoms in total. The molecule has 3 rings (SSSR count). The number of hydrogen-bond donors (Lipinski definition) is 1. The Morgan fingerprint density at radius 3 is 2.77 bits per heavy atom. The van der Waals surface area contributed by atoms with E-state index in [0.29, 0.717) is 27.7 Å². The zero-order valence-electron chi connectivity index (χ0n) is 14.6. The quantitative estimate of drug-likeness (QED) is 0.559. The van der Waals surface area contributed by atoms with Crippen molar-refractivity contribution in [2.75, 3.05) is 5.32 Å². The molecular formula is C18H20Cl2FN5. The van der Waals surface area contributed by atoms with Gasteiger partial charge in [0.1, 0.15) is 18.0 Å². The van der Waals surface area contributed by atoms with Crippen LogP contribution in [0.5, 0.6) is 0 Å². The van der Waals surface area contributed by atoms with E-state index in [1.807, 2.05) is 6.92 Å². The standard InChI is InChI=1S/C18H20Cl2FN5/c1-3-12(8-7-11(2)19)25-17-13(9-22-18-23-10-24-26(17)18)16-14(20)5-4-6-15(16)21/h4-6,9-12,25H,3,7-8H2,1-2H3. The molecule has 0 spiro atoms. The lowest BCUT2D eigenvalue weighted by Gasteiger charge is -2.21. The summed E-state index contributed by atoms with van der Waals surface area (Å²) in [5, 5.41) is 8.12. The molecule has 8 heteroatoms. The summed E-state index contributed by atoms with van der Waals surface area (Å²) in [5.74, 6) is 0.641. The van der Waals surface area contributed by atoms with Crippen molar-refractivity contribution in [2.24, 2.45) is 0 Å². The monoisotopic (exact) mass is 395 g/mol. The maximum Gasteiger partial charge on any atom is 0.254 e. The number of rotatable bonds is 7. The van der Waals surface area contributed by atoms with Crippen molar-refractivity contribution >= 4 is 34.8 Å². The van der Waals surface area contributed by atoms with Crippen LogP contribution in [0.2, 0.25) is 5.02 Å². The van der Waals surface area contributed by atoms with Crippen LogP contribution in [-0.4, -0.2) is 31.0 Å². The highest BCUT2D eigenvalue weighted by Gasteiger charge is 2.20. The predicted molar refractivity (Wildman–Crippen MR) is 103 cm³/mol. The minimum atomic E-state index is -0.413. The van der Waals surface area contributed by atoms with Gasteiger partial charge in [0, 0.05) is 28.7 Å². The largest absolute Gasteiger partial charge is 0.367 e. The van der Waals surface area contributed by atoms with Gasteiger partial charge in [-0.2, -0.15) is 14.6 Å². The molecule has 0 aliphatic rings. The minimum absolute atomic E-state index is 0.0927. The molecule has 2 heterocycles. The molecule has 26 heavy (non-hydrogen) atoms. The number of alkyl halides is 1. The molecule has 138 valence electrons. The van der Waals surface area contributed by atoms with Crippen LogP contribution in [0.3, 0.4) is 0 Å². The first kappa shape index (κ1) is 18.9. The number of nitrogens with one attached hydrogen (secondary N) is 1. The summed E-state index contributed by atoms with van der Waals surface area (Å²) in [6.07, 6.45) is 5.63. The zero-order valence-corrected chi connectivity index (χ0v) is 16.1. The predicted octanol–water partition coefficient (Wildman–Crippen LogP) is 5.18. The smallest absolute Gasteiger partial charge is 0.254 e. The van der Waals surface area contributed by atoms with Crippen molar-refractivity contribution in [1.29, 1.82) is 0 Å². The van der Waals surface area contributed by atoms with Gasteiger partial charge in [-0.1, -0.05) is 24.6 Å². The summed E-state index contributed by atoms with van der Waals surface area (Å²) in [6, 6.07) is 4.76. The van der Waals surface area contributed by atoms with E-state index in [9.17, 15) is 4.39 Å². The normalized spacial score (nSPS) is 13.7. The molecule has 2 unspecified atom stereocenters. The van der Waals surface area contributed by atoms with Crippen molar-refractivity contribution in [3.05, 3.63) is 41.6 Å². The highest BCUT2D eigenvalue weighted by Crippen LogP contribution is 2.35. The van der Waals surface area contributed by atoms with E-state index in [1.54, 1.807) is 22.8 Å². The van der Waals surface area contributed by atoms with Gasteiger partial charge in [-0.25, -0.2) is 9.37 Å². The summed E-state index contributed by atoms with van der Waals surface area (Å²) in [6.45, 7) is 4.06. The van der Waals surface area contributed by atoms with Gasteiger partial charge in [0.2, 0.25) is 0 Å². The fourth-order valence-corrected chi connectivity index (χ4v) is 3.25. The maximum absolute atomic E-state index is 14.5. The molecule has 0 aliphatic carbocycles. The average Bonchev–Trinajstić information content (AvgIpc) is 3.08. The fourth-order valence-electron chi connectivity index (χ4n) is 2.86. The van der Waals surface area contributed by atoms with Crippen LogP contribution in [0, 0.1) is 5.82 Å². The summed E-state index contributed by atoms with van der Waals surface area (Å²) >= 11 is 12.4. The molecular weight excluding hydrogens is 376 g/mol. The molecule has 1 N–H and O–H groups in total. The van der Waals surface area contributed by atoms with Crippen molar-refractivity contribution in [2.45, 2.75) is 44.5 Å². The van der Waals surface area contributed by atoms with Crippen LogP contribution in [-0.2, 0) is 0 Å². The Morgan fingerprint density at radius 2 is 2.08 bits per heavy atom. The van der Waals surface area contributed by atoms with Gasteiger partial charge < -0.3 is 5.32 Å². The van der Waals surface area contributed by atoms with Gasteiger partial charge in [0.25, 0.3) is 5.78 Å². The Kier molecular flexibility index (Phi) is 5.94. The van der Waals surface area contributed by atoms with Crippen LogP contribution < -0.4 is 5.32 Å². The number of anilines is 1. The fraction of sp³-hybridized carbons (Fsp3) is 0.389. The molecule has 3 aromatic rings. The van der Waals surface area contributed by atoms with Crippen LogP contribution in [0.25, 0.3) is 16.9 Å². The number of benzene rings is 1. The first-order chi connectivity index (χ1) is 12.5. The third-order valence-corrected chi connectivity index (χ3v) is 4.82. The topological polar surface area (TPSA) is 55.1 Å². The van der Waals surface area contributed by atoms with E-state index >= 15 is 0 Å². The Balaban J connectivity index is 2.08. The average molecular weight is 396 g/mol. The van der Waals surface area contributed by atoms with Gasteiger partial charge in [0.15, 0.2) is 0 Å². The number of halogens is 3. The van der Waals surface area contributed by atoms with Crippen molar-refractivity contribution in [1.82, 2.24) is 19.6 Å². The lowest BCUT2D eigenvalue weighted by Crippen LogP contribution is -2.22. The van der Waals surface area contributed by atoms with Gasteiger partial charge >= 0.3 is 0 Å². The number of aromatic nitrogens is 4. The third kappa shape index (κ3) is 3.91. The van der Waals surface area contributed by atoms with Gasteiger partial charge in [0.05, 0.1) is 5.02 Å². The number of fused-ring (bicyclic) bond motifs is 1. The highest BCUT2D eigenvalue weighted by molar-refractivity contribution is 6.33. The van der Waals surface area contributed by atoms with E-state index in [2.05, 4.69) is 27.3 Å². The SMILES string of the molecule is CCC(CCC(C)Cl)Nc1c(-c2c(F)cccc2Cl)cnc2ncnn12. The van der Waals surface area contributed by atoms with Crippen molar-refractivity contribution in [3.8, 4) is 11.1 Å². The van der Waals surface area contributed by atoms with Gasteiger partial charge in [-0.05, 0) is 38.3 Å². The Morgan fingerprint density at radius 1 is 1.27 bits per heavy atom. The number of nitrogens with zero attached hydrogens (tertiary/aromatic N) is 4. The van der Waals surface area contributed by atoms with E-state index < -0.39 is 5.82 Å². The second kappa shape index (κ2) is 8.18. The van der Waals surface area contributed by atoms with E-state index in [1.165, 1.54) is 12.4 Å². The molecule has 0 saturated carbocycles. The molecule has 1 aromatic carbocycles. The third-order valence-electron chi connectivity index (χ3n) is 4.28. The highest BCUT2D eigenvalue weighted by atomic mass is 35.5. The molecule has 0 fully saturated rings. The Bertz CT molecular complexity index is 876. The second-order valence-electron chi connectivity index (χ2n) is 6.20. The van der Waals surface area contributed by atoms with Crippen LogP contribution in [0.4, 0.5) is 10.2 Å². The summed E-state index contributed by atoms with van der Waals surface area (Å²) < 4.78 is 16.1. The van der Waals surface area contributed by atoms with Gasteiger partial charge in [-0.3, -0.25) is 0 Å². The molecule has 0 aliphatic heterocycles. The summed E-state index contributed by atoms with van der Waals surface area (Å²) in [5.41, 5.74) is 0.839. The molecule has 0 bridgehead atoms. The maximum atomic E-state index is 14.5. The van der Waals surface area contributed by atoms with Gasteiger partial charge in [-0.15, -0.1) is 11.6 Å². The summed E-state index contributed by atoms with van der Waals surface area (Å²) in [4.78, 5) is 8.39. The van der Waals surface area contributed by atoms with Crippen LogP contribution in [0.15, 0.2) is 30.7 Å². The Hall–Kier alpha value is -1.92. The first-order valence-electron chi connectivity index (χ1n) is 8.55. The van der Waals surface area contributed by atoms with Crippen molar-refractivity contribution in [3.63, 3.8) is 0 Å². The molecule has 0 saturated heterocycles. The Labute approximate surface area is 161 Å². The van der Waals surface area contributed by atoms with E-state index in [-0.39, 0.29) is 11.4 Å². The van der Waals surface area contributed by atoms with Crippen LogP contribution in [0.1, 0.15) is 33.1 Å². The lowest BCUT2D eigenvalue weighted by atomic mass is 10.0. The number of hydrogen-bond acceptors (Lipinski definition) is 4. The zero-order chi connectivity index (χ0) is 18.7.